The van der Waals surface area contributed by atoms with Gasteiger partial charge >= 0.3 is 6.36 Å². The number of pyridine rings is 1. The van der Waals surface area contributed by atoms with Crippen molar-refractivity contribution >= 4 is 10.8 Å². The molecule has 0 bridgehead atoms. The van der Waals surface area contributed by atoms with Crippen LogP contribution in [0.3, 0.4) is 0 Å². The molecule has 0 atom stereocenters. The lowest BCUT2D eigenvalue weighted by Gasteiger charge is -2.11. The summed E-state index contributed by atoms with van der Waals surface area (Å²) in [5.74, 6) is -2.36. The van der Waals surface area contributed by atoms with E-state index in [0.717, 1.165) is 41.6 Å². The number of fused-ring (bicyclic) bond motifs is 1. The SMILES string of the molecule is CCCCCCc1ccc(-c2ccc3c(F)c(CCc4ccc(OC(F)(F)F)c(F)c4)ccc3c2)nc1. The molecule has 0 N–H and O–H groups in total. The van der Waals surface area contributed by atoms with Gasteiger partial charge in [0.1, 0.15) is 5.82 Å². The Morgan fingerprint density at radius 2 is 1.59 bits per heavy atom. The number of hydrogen-bond acceptors (Lipinski definition) is 2. The monoisotopic (exact) mass is 513 g/mol. The molecule has 0 fully saturated rings. The molecule has 0 aliphatic rings. The number of benzene rings is 3. The lowest BCUT2D eigenvalue weighted by Crippen LogP contribution is -2.18. The number of halogens is 5. The fourth-order valence-electron chi connectivity index (χ4n) is 4.37. The first-order valence-corrected chi connectivity index (χ1v) is 12.4. The molecule has 0 amide bonds. The van der Waals surface area contributed by atoms with Crippen molar-refractivity contribution in [3.05, 3.63) is 95.2 Å². The van der Waals surface area contributed by atoms with Crippen molar-refractivity contribution < 1.29 is 26.7 Å². The molecule has 194 valence electrons. The number of unbranched alkanes of at least 4 members (excludes halogenated alkanes) is 3. The number of ether oxygens (including phenoxy) is 1. The quantitative estimate of drug-likeness (QED) is 0.156. The molecule has 0 aliphatic carbocycles. The topological polar surface area (TPSA) is 22.1 Å². The second-order valence-electron chi connectivity index (χ2n) is 9.15. The van der Waals surface area contributed by atoms with Gasteiger partial charge in [-0.05, 0) is 72.0 Å². The Morgan fingerprint density at radius 3 is 2.30 bits per heavy atom. The normalized spacial score (nSPS) is 11.7. The molecule has 2 nitrogen and oxygen atoms in total. The van der Waals surface area contributed by atoms with Gasteiger partial charge in [0.25, 0.3) is 0 Å². The average Bonchev–Trinajstić information content (AvgIpc) is 2.87. The first-order chi connectivity index (χ1) is 17.7. The predicted octanol–water partition coefficient (Wildman–Crippen LogP) is 8.99. The zero-order valence-electron chi connectivity index (χ0n) is 20.5. The Labute approximate surface area is 213 Å². The maximum atomic E-state index is 15.2. The van der Waals surface area contributed by atoms with Crippen LogP contribution in [0.2, 0.25) is 0 Å². The van der Waals surface area contributed by atoms with E-state index < -0.39 is 17.9 Å². The van der Waals surface area contributed by atoms with Gasteiger partial charge in [-0.2, -0.15) is 0 Å². The average molecular weight is 514 g/mol. The van der Waals surface area contributed by atoms with Gasteiger partial charge in [0.15, 0.2) is 11.6 Å². The van der Waals surface area contributed by atoms with E-state index in [2.05, 4.69) is 22.7 Å². The number of rotatable bonds is 10. The van der Waals surface area contributed by atoms with Crippen LogP contribution in [-0.4, -0.2) is 11.3 Å². The number of aryl methyl sites for hydroxylation is 3. The highest BCUT2D eigenvalue weighted by molar-refractivity contribution is 5.88. The summed E-state index contributed by atoms with van der Waals surface area (Å²) in [7, 11) is 0. The van der Waals surface area contributed by atoms with Gasteiger partial charge < -0.3 is 4.74 Å². The standard InChI is InChI=1S/C30H28F5NO/c1-2-3-4-5-6-21-8-15-27(36-19-21)24-13-14-25-23(18-24)12-11-22(29(25)32)10-7-20-9-16-28(26(31)17-20)37-30(33,34)35/h8-9,11-19H,2-7,10H2,1H3. The van der Waals surface area contributed by atoms with E-state index >= 15 is 4.39 Å². The molecule has 3 aromatic carbocycles. The highest BCUT2D eigenvalue weighted by atomic mass is 19.4. The molecule has 0 aliphatic heterocycles. The molecule has 0 unspecified atom stereocenters. The number of hydrogen-bond donors (Lipinski definition) is 0. The van der Waals surface area contributed by atoms with Gasteiger partial charge in [-0.15, -0.1) is 13.2 Å². The molecule has 0 spiro atoms. The van der Waals surface area contributed by atoms with Gasteiger partial charge in [-0.25, -0.2) is 8.78 Å². The molecule has 4 aromatic rings. The summed E-state index contributed by atoms with van der Waals surface area (Å²) in [5.41, 5.74) is 3.82. The molecule has 0 saturated carbocycles. The van der Waals surface area contributed by atoms with E-state index in [-0.39, 0.29) is 18.7 Å². The van der Waals surface area contributed by atoms with Crippen molar-refractivity contribution in [3.8, 4) is 17.0 Å². The van der Waals surface area contributed by atoms with Gasteiger partial charge in [-0.1, -0.05) is 62.6 Å². The number of alkyl halides is 3. The van der Waals surface area contributed by atoms with Gasteiger partial charge in [-0.3, -0.25) is 4.98 Å². The zero-order chi connectivity index (χ0) is 26.4. The Hall–Kier alpha value is -3.48. The zero-order valence-corrected chi connectivity index (χ0v) is 20.5. The highest BCUT2D eigenvalue weighted by Gasteiger charge is 2.32. The van der Waals surface area contributed by atoms with Crippen molar-refractivity contribution in [1.29, 1.82) is 0 Å². The molecule has 4 rings (SSSR count). The molecular weight excluding hydrogens is 485 g/mol. The Balaban J connectivity index is 1.44. The minimum absolute atomic E-state index is 0.262. The number of aromatic nitrogens is 1. The Kier molecular flexibility index (Phi) is 8.41. The van der Waals surface area contributed by atoms with Crippen LogP contribution in [0.1, 0.15) is 49.3 Å². The van der Waals surface area contributed by atoms with Crippen LogP contribution >= 0.6 is 0 Å². The highest BCUT2D eigenvalue weighted by Crippen LogP contribution is 2.29. The van der Waals surface area contributed by atoms with E-state index in [4.69, 9.17) is 0 Å². The molecule has 1 heterocycles. The summed E-state index contributed by atoms with van der Waals surface area (Å²) in [6, 6.07) is 16.3. The summed E-state index contributed by atoms with van der Waals surface area (Å²) in [4.78, 5) is 4.59. The number of nitrogens with zero attached hydrogens (tertiary/aromatic N) is 1. The van der Waals surface area contributed by atoms with Crippen molar-refractivity contribution in [2.24, 2.45) is 0 Å². The predicted molar refractivity (Wildman–Crippen MR) is 135 cm³/mol. The van der Waals surface area contributed by atoms with Gasteiger partial charge in [0.2, 0.25) is 0 Å². The van der Waals surface area contributed by atoms with Crippen LogP contribution < -0.4 is 4.74 Å². The minimum Gasteiger partial charge on any atom is -0.403 e. The van der Waals surface area contributed by atoms with Crippen molar-refractivity contribution in [2.45, 2.75) is 58.2 Å². The summed E-state index contributed by atoms with van der Waals surface area (Å²) in [5, 5.41) is 1.21. The van der Waals surface area contributed by atoms with E-state index in [1.165, 1.54) is 30.9 Å². The summed E-state index contributed by atoms with van der Waals surface area (Å²) in [6.07, 6.45) is 3.30. The van der Waals surface area contributed by atoms with E-state index in [9.17, 15) is 17.6 Å². The maximum Gasteiger partial charge on any atom is 0.573 e. The lowest BCUT2D eigenvalue weighted by atomic mass is 9.98. The minimum atomic E-state index is -4.97. The third-order valence-corrected chi connectivity index (χ3v) is 6.38. The fraction of sp³-hybridized carbons (Fsp3) is 0.300. The molecule has 7 heteroatoms. The van der Waals surface area contributed by atoms with Gasteiger partial charge in [0, 0.05) is 17.1 Å². The lowest BCUT2D eigenvalue weighted by molar-refractivity contribution is -0.275. The van der Waals surface area contributed by atoms with Crippen molar-refractivity contribution in [1.82, 2.24) is 4.98 Å². The second kappa shape index (κ2) is 11.7. The Morgan fingerprint density at radius 1 is 0.784 bits per heavy atom. The van der Waals surface area contributed by atoms with Crippen LogP contribution in [-0.2, 0) is 19.3 Å². The summed E-state index contributed by atoms with van der Waals surface area (Å²) >= 11 is 0. The van der Waals surface area contributed by atoms with Crippen LogP contribution in [0.5, 0.6) is 5.75 Å². The van der Waals surface area contributed by atoms with Crippen LogP contribution in [0.15, 0.2) is 66.9 Å². The van der Waals surface area contributed by atoms with E-state index in [1.807, 2.05) is 30.5 Å². The first kappa shape index (κ1) is 26.6. The van der Waals surface area contributed by atoms with Crippen molar-refractivity contribution in [2.75, 3.05) is 0 Å². The van der Waals surface area contributed by atoms with E-state index in [1.54, 1.807) is 12.1 Å². The van der Waals surface area contributed by atoms with E-state index in [0.29, 0.717) is 16.5 Å². The van der Waals surface area contributed by atoms with Crippen LogP contribution in [0.25, 0.3) is 22.0 Å². The molecule has 0 radical (unpaired) electrons. The fourth-order valence-corrected chi connectivity index (χ4v) is 4.37. The maximum absolute atomic E-state index is 15.2. The van der Waals surface area contributed by atoms with Crippen molar-refractivity contribution in [3.63, 3.8) is 0 Å². The summed E-state index contributed by atoms with van der Waals surface area (Å²) in [6.45, 7) is 2.19. The first-order valence-electron chi connectivity index (χ1n) is 12.4. The van der Waals surface area contributed by atoms with Crippen LogP contribution in [0.4, 0.5) is 22.0 Å². The van der Waals surface area contributed by atoms with Gasteiger partial charge in [0.05, 0.1) is 5.69 Å². The molecule has 1 aromatic heterocycles. The second-order valence-corrected chi connectivity index (χ2v) is 9.15. The molecule has 37 heavy (non-hydrogen) atoms. The molecular formula is C30H28F5NO. The Bertz CT molecular complexity index is 1350. The summed E-state index contributed by atoms with van der Waals surface area (Å²) < 4.78 is 69.8. The largest absolute Gasteiger partial charge is 0.573 e. The van der Waals surface area contributed by atoms with Crippen LogP contribution in [0, 0.1) is 11.6 Å². The third kappa shape index (κ3) is 7.06. The smallest absolute Gasteiger partial charge is 0.403 e. The molecule has 0 saturated heterocycles. The third-order valence-electron chi connectivity index (χ3n) is 6.38.